The fraction of sp³-hybridized carbons (Fsp3) is 0.789. The van der Waals surface area contributed by atoms with Crippen LogP contribution in [-0.4, -0.2) is 75.6 Å². The first-order chi connectivity index (χ1) is 16.0. The van der Waals surface area contributed by atoms with Crippen LogP contribution in [0, 0.1) is 0 Å². The smallest absolute Gasteiger partial charge is 0.468 e. The Hall–Kier alpha value is -2.57. The molecule has 0 aliphatic carbocycles. The van der Waals surface area contributed by atoms with Crippen molar-refractivity contribution in [2.24, 2.45) is 10.5 Å². The number of carbonyl (C=O) groups excluding carboxylic acids is 3. The summed E-state index contributed by atoms with van der Waals surface area (Å²) in [5.74, 6) is -1.06. The Morgan fingerprint density at radius 1 is 0.912 bits per heavy atom. The number of nitrogens with zero attached hydrogens (tertiary/aromatic N) is 2. The lowest BCUT2D eigenvalue weighted by Crippen LogP contribution is -2.38. The molecule has 34 heavy (non-hydrogen) atoms. The first-order valence-corrected chi connectivity index (χ1v) is 12.3. The Labute approximate surface area is 199 Å². The molecule has 0 radical (unpaired) electrons. The summed E-state index contributed by atoms with van der Waals surface area (Å²) in [4.78, 5) is 36.2. The molecule has 0 aromatic rings. The number of methoxy groups -OCH3 is 1. The molecule has 2 unspecified atom stereocenters. The molecule has 0 saturated carbocycles. The second-order valence-corrected chi connectivity index (χ2v) is 8.24. The van der Waals surface area contributed by atoms with E-state index in [1.807, 2.05) is 0 Å². The van der Waals surface area contributed by atoms with Gasteiger partial charge in [0.2, 0.25) is 18.5 Å². The van der Waals surface area contributed by atoms with Crippen LogP contribution in [0.2, 0.25) is 0 Å². The number of nitrogens with two attached hydrogens (primary N) is 1. The third kappa shape index (κ3) is 13.2. The number of rotatable bonds is 15. The zero-order valence-corrected chi connectivity index (χ0v) is 21.4. The zero-order valence-electron chi connectivity index (χ0n) is 20.5. The SMILES string of the molecule is CCCOC(=O)OC(CC)OP(=O)(/N=C(\N)N(C)CC(=O)OC)OC(CC)OC(=O)OCCC. The molecule has 14 nitrogen and oxygen atoms in total. The second-order valence-electron chi connectivity index (χ2n) is 6.68. The average Bonchev–Trinajstić information content (AvgIpc) is 2.79. The van der Waals surface area contributed by atoms with E-state index in [-0.39, 0.29) is 32.6 Å². The number of guanidine groups is 1. The molecular formula is C19H36N3O11P. The fourth-order valence-electron chi connectivity index (χ4n) is 1.92. The predicted octanol–water partition coefficient (Wildman–Crippen LogP) is 3.15. The largest absolute Gasteiger partial charge is 0.510 e. The molecule has 0 spiro atoms. The van der Waals surface area contributed by atoms with Crippen LogP contribution in [0.1, 0.15) is 53.4 Å². The highest BCUT2D eigenvalue weighted by Gasteiger charge is 2.36. The number of ether oxygens (including phenoxy) is 5. The summed E-state index contributed by atoms with van der Waals surface area (Å²) in [5, 5.41) is 0. The zero-order chi connectivity index (χ0) is 26.1. The Balaban J connectivity index is 5.75. The number of carbonyl (C=O) groups is 3. The van der Waals surface area contributed by atoms with Gasteiger partial charge in [-0.05, 0) is 12.8 Å². The van der Waals surface area contributed by atoms with E-state index in [0.717, 1.165) is 4.90 Å². The number of likely N-dealkylation sites (N-methyl/N-ethyl adjacent to an activating group) is 1. The third-order valence-corrected chi connectivity index (χ3v) is 5.13. The van der Waals surface area contributed by atoms with Crippen molar-refractivity contribution < 1.29 is 51.7 Å². The van der Waals surface area contributed by atoms with Gasteiger partial charge in [-0.15, -0.1) is 4.76 Å². The van der Waals surface area contributed by atoms with Crippen molar-refractivity contribution in [3.8, 4) is 0 Å². The summed E-state index contributed by atoms with van der Waals surface area (Å²) in [7, 11) is -2.02. The standard InChI is InChI=1S/C19H36N3O11P/c1-7-11-28-18(24)30-15(9-3)32-34(26,21-17(20)22(5)13-14(23)27-6)33-16(10-4)31-19(25)29-12-8-2/h15-16H,7-13H2,1-6H3,(H2,20,21,26). The molecule has 0 heterocycles. The molecule has 0 amide bonds. The molecule has 0 rings (SSSR count). The van der Waals surface area contributed by atoms with Crippen molar-refractivity contribution in [1.82, 2.24) is 4.90 Å². The number of hydrogen-bond acceptors (Lipinski definition) is 11. The van der Waals surface area contributed by atoms with E-state index < -0.39 is 44.6 Å². The molecule has 15 heteroatoms. The van der Waals surface area contributed by atoms with Gasteiger partial charge in [0.1, 0.15) is 6.54 Å². The maximum Gasteiger partial charge on any atom is 0.510 e. The van der Waals surface area contributed by atoms with E-state index in [2.05, 4.69) is 9.50 Å². The minimum atomic E-state index is -4.59. The van der Waals surface area contributed by atoms with E-state index in [1.165, 1.54) is 14.2 Å². The Kier molecular flexibility index (Phi) is 15.7. The molecule has 0 aromatic carbocycles. The van der Waals surface area contributed by atoms with Crippen molar-refractivity contribution in [1.29, 1.82) is 0 Å². The predicted molar refractivity (Wildman–Crippen MR) is 120 cm³/mol. The van der Waals surface area contributed by atoms with Crippen LogP contribution in [-0.2, 0) is 42.1 Å². The summed E-state index contributed by atoms with van der Waals surface area (Å²) in [6.45, 7) is 6.64. The Bertz CT molecular complexity index is 684. The van der Waals surface area contributed by atoms with E-state index in [4.69, 9.17) is 33.7 Å². The van der Waals surface area contributed by atoms with E-state index in [9.17, 15) is 18.9 Å². The van der Waals surface area contributed by atoms with Gasteiger partial charge < -0.3 is 34.3 Å². The van der Waals surface area contributed by atoms with Crippen LogP contribution >= 0.6 is 7.75 Å². The van der Waals surface area contributed by atoms with E-state index in [1.54, 1.807) is 27.7 Å². The van der Waals surface area contributed by atoms with Gasteiger partial charge in [-0.1, -0.05) is 27.7 Å². The van der Waals surface area contributed by atoms with Crippen LogP contribution in [0.4, 0.5) is 9.59 Å². The molecular weight excluding hydrogens is 477 g/mol. The molecule has 0 saturated heterocycles. The maximum atomic E-state index is 13.5. The summed E-state index contributed by atoms with van der Waals surface area (Å²) >= 11 is 0. The summed E-state index contributed by atoms with van der Waals surface area (Å²) in [6, 6.07) is 0. The van der Waals surface area contributed by atoms with Crippen molar-refractivity contribution in [3.63, 3.8) is 0 Å². The number of esters is 1. The monoisotopic (exact) mass is 513 g/mol. The highest BCUT2D eigenvalue weighted by atomic mass is 31.2. The van der Waals surface area contributed by atoms with Gasteiger partial charge >= 0.3 is 26.0 Å². The van der Waals surface area contributed by atoms with Crippen LogP contribution in [0.3, 0.4) is 0 Å². The van der Waals surface area contributed by atoms with Crippen LogP contribution < -0.4 is 5.73 Å². The Morgan fingerprint density at radius 3 is 1.71 bits per heavy atom. The lowest BCUT2D eigenvalue weighted by atomic mass is 10.5. The van der Waals surface area contributed by atoms with Gasteiger partial charge in [0.25, 0.3) is 0 Å². The van der Waals surface area contributed by atoms with Crippen LogP contribution in [0.15, 0.2) is 4.76 Å². The lowest BCUT2D eigenvalue weighted by molar-refractivity contribution is -0.140. The van der Waals surface area contributed by atoms with Gasteiger partial charge in [0.05, 0.1) is 20.3 Å². The van der Waals surface area contributed by atoms with Crippen molar-refractivity contribution in [2.75, 3.05) is 33.9 Å². The van der Waals surface area contributed by atoms with Gasteiger partial charge in [0.15, 0.2) is 0 Å². The van der Waals surface area contributed by atoms with Gasteiger partial charge in [-0.25, -0.2) is 23.2 Å². The molecule has 2 N–H and O–H groups in total. The van der Waals surface area contributed by atoms with Crippen LogP contribution in [0.25, 0.3) is 0 Å². The molecule has 2 atom stereocenters. The normalized spacial score (nSPS) is 14.8. The maximum absolute atomic E-state index is 13.5. The number of hydrogen-bond donors (Lipinski definition) is 1. The molecule has 0 aliphatic rings. The van der Waals surface area contributed by atoms with Gasteiger partial charge in [-0.2, -0.15) is 0 Å². The van der Waals surface area contributed by atoms with Crippen molar-refractivity contribution in [2.45, 2.75) is 66.0 Å². The highest BCUT2D eigenvalue weighted by Crippen LogP contribution is 2.53. The first-order valence-electron chi connectivity index (χ1n) is 10.8. The second kappa shape index (κ2) is 17.0. The first kappa shape index (κ1) is 31.4. The summed E-state index contributed by atoms with van der Waals surface area (Å²) < 4.78 is 52.2. The summed E-state index contributed by atoms with van der Waals surface area (Å²) in [5.41, 5.74) is 5.85. The summed E-state index contributed by atoms with van der Waals surface area (Å²) in [6.07, 6.45) is -3.70. The topological polar surface area (TPSA) is 175 Å². The average molecular weight is 513 g/mol. The molecule has 0 aromatic heterocycles. The van der Waals surface area contributed by atoms with Gasteiger partial charge in [-0.3, -0.25) is 4.79 Å². The molecule has 0 fully saturated rings. The molecule has 0 aliphatic heterocycles. The molecule has 198 valence electrons. The van der Waals surface area contributed by atoms with Crippen LogP contribution in [0.5, 0.6) is 0 Å². The highest BCUT2D eigenvalue weighted by molar-refractivity contribution is 7.52. The Morgan fingerprint density at radius 2 is 1.35 bits per heavy atom. The quantitative estimate of drug-likeness (QED) is 0.0845. The van der Waals surface area contributed by atoms with Crippen molar-refractivity contribution >= 4 is 32.0 Å². The minimum Gasteiger partial charge on any atom is -0.468 e. The fourth-order valence-corrected chi connectivity index (χ4v) is 3.45. The minimum absolute atomic E-state index is 0.0399. The lowest BCUT2D eigenvalue weighted by Gasteiger charge is -2.25. The third-order valence-electron chi connectivity index (χ3n) is 3.68. The molecule has 0 bridgehead atoms. The van der Waals surface area contributed by atoms with Crippen molar-refractivity contribution in [3.05, 3.63) is 0 Å². The van der Waals surface area contributed by atoms with Gasteiger partial charge in [0, 0.05) is 19.9 Å². The van der Waals surface area contributed by atoms with E-state index >= 15 is 0 Å². The van der Waals surface area contributed by atoms with E-state index in [0.29, 0.717) is 12.8 Å².